The van der Waals surface area contributed by atoms with E-state index in [1.54, 1.807) is 19.2 Å². The second-order valence-corrected chi connectivity index (χ2v) is 8.13. The number of benzene rings is 2. The molecule has 1 amide bonds. The van der Waals surface area contributed by atoms with Gasteiger partial charge in [0.25, 0.3) is 5.91 Å². The van der Waals surface area contributed by atoms with E-state index in [4.69, 9.17) is 0 Å². The molecule has 1 aliphatic heterocycles. The smallest absolute Gasteiger partial charge is 0.256 e. The van der Waals surface area contributed by atoms with E-state index >= 15 is 0 Å². The van der Waals surface area contributed by atoms with Crippen LogP contribution in [0.5, 0.6) is 0 Å². The highest BCUT2D eigenvalue weighted by Gasteiger charge is 2.32. The van der Waals surface area contributed by atoms with Gasteiger partial charge in [0.1, 0.15) is 6.17 Å². The van der Waals surface area contributed by atoms with E-state index < -0.39 is 6.17 Å². The lowest BCUT2D eigenvalue weighted by Gasteiger charge is -2.34. The minimum Gasteiger partial charge on any atom is -0.387 e. The summed E-state index contributed by atoms with van der Waals surface area (Å²) in [4.78, 5) is 14.4. The first kappa shape index (κ1) is 21.5. The molecule has 1 fully saturated rings. The van der Waals surface area contributed by atoms with Crippen molar-refractivity contribution in [2.24, 2.45) is 0 Å². The number of nitrogens with zero attached hydrogens (tertiary/aromatic N) is 4. The van der Waals surface area contributed by atoms with Crippen molar-refractivity contribution in [2.45, 2.75) is 33.0 Å². The number of carbonyl (C=O) groups excluding carboxylic acids is 1. The lowest BCUT2D eigenvalue weighted by molar-refractivity contribution is 0.0401. The fraction of sp³-hybridized carbons (Fsp3) is 0.333. The van der Waals surface area contributed by atoms with E-state index in [2.05, 4.69) is 26.9 Å². The highest BCUT2D eigenvalue weighted by Crippen LogP contribution is 2.33. The van der Waals surface area contributed by atoms with Crippen LogP contribution in [0.2, 0.25) is 0 Å². The van der Waals surface area contributed by atoms with Crippen molar-refractivity contribution in [3.8, 4) is 6.07 Å². The number of amides is 1. The van der Waals surface area contributed by atoms with Crippen molar-refractivity contribution in [2.75, 3.05) is 30.8 Å². The van der Waals surface area contributed by atoms with Gasteiger partial charge < -0.3 is 15.5 Å². The SMILES string of the molecule is CNc1cc2c(N[C@H](C)c3cccc(C#N)c3C)nnc(C)c2cc1C(=O)N1CC(F)C1. The fourth-order valence-corrected chi connectivity index (χ4v) is 4.11. The number of anilines is 2. The van der Waals surface area contributed by atoms with E-state index in [-0.39, 0.29) is 25.0 Å². The topological polar surface area (TPSA) is 93.9 Å². The maximum atomic E-state index is 13.3. The van der Waals surface area contributed by atoms with Crippen LogP contribution in [0.4, 0.5) is 15.9 Å². The molecule has 0 radical (unpaired) electrons. The predicted molar refractivity (Wildman–Crippen MR) is 123 cm³/mol. The van der Waals surface area contributed by atoms with Gasteiger partial charge in [-0.1, -0.05) is 12.1 Å². The Hall–Kier alpha value is -3.73. The largest absolute Gasteiger partial charge is 0.387 e. The number of likely N-dealkylation sites (tertiary alicyclic amines) is 1. The molecule has 0 bridgehead atoms. The molecule has 0 unspecified atom stereocenters. The van der Waals surface area contributed by atoms with Crippen LogP contribution in [0, 0.1) is 25.2 Å². The first-order chi connectivity index (χ1) is 15.3. The third kappa shape index (κ3) is 3.71. The molecule has 3 aromatic rings. The number of aryl methyl sites for hydroxylation is 1. The monoisotopic (exact) mass is 432 g/mol. The van der Waals surface area contributed by atoms with Gasteiger partial charge in [-0.25, -0.2) is 4.39 Å². The number of hydrogen-bond donors (Lipinski definition) is 2. The van der Waals surface area contributed by atoms with Gasteiger partial charge in [0.2, 0.25) is 0 Å². The predicted octanol–water partition coefficient (Wildman–Crippen LogP) is 4.13. The lowest BCUT2D eigenvalue weighted by Crippen LogP contribution is -2.51. The summed E-state index contributed by atoms with van der Waals surface area (Å²) in [5, 5.41) is 26.1. The molecular weight excluding hydrogens is 407 g/mol. The van der Waals surface area contributed by atoms with Crippen molar-refractivity contribution >= 4 is 28.2 Å². The number of nitrogens with one attached hydrogen (secondary N) is 2. The summed E-state index contributed by atoms with van der Waals surface area (Å²) in [5.41, 5.74) is 4.39. The van der Waals surface area contributed by atoms with Gasteiger partial charge in [-0.2, -0.15) is 10.4 Å². The molecule has 0 saturated carbocycles. The number of halogens is 1. The quantitative estimate of drug-likeness (QED) is 0.630. The van der Waals surface area contributed by atoms with E-state index in [0.29, 0.717) is 28.3 Å². The van der Waals surface area contributed by atoms with Crippen LogP contribution in [-0.2, 0) is 0 Å². The molecule has 2 N–H and O–H groups in total. The maximum absolute atomic E-state index is 13.3. The molecular formula is C24H25FN6O. The summed E-state index contributed by atoms with van der Waals surface area (Å²) >= 11 is 0. The number of alkyl halides is 1. The van der Waals surface area contributed by atoms with Crippen LogP contribution >= 0.6 is 0 Å². The standard InChI is InChI=1S/C24H25FN6O/c1-13-16(10-26)6-5-7-18(13)14(2)28-23-20-9-22(27-4)21(8-19(20)15(3)29-30-23)24(32)31-11-17(25)12-31/h5-9,14,17,27H,11-12H2,1-4H3,(H,28,30)/t14-/m1/s1. The van der Waals surface area contributed by atoms with Crippen LogP contribution in [0.3, 0.4) is 0 Å². The summed E-state index contributed by atoms with van der Waals surface area (Å²) in [7, 11) is 1.75. The van der Waals surface area contributed by atoms with Crippen molar-refractivity contribution in [3.05, 3.63) is 58.3 Å². The first-order valence-corrected chi connectivity index (χ1v) is 10.5. The molecule has 4 rings (SSSR count). The molecule has 8 heteroatoms. The number of nitriles is 1. The summed E-state index contributed by atoms with van der Waals surface area (Å²) in [6, 6.07) is 11.4. The molecule has 1 saturated heterocycles. The van der Waals surface area contributed by atoms with Crippen molar-refractivity contribution in [3.63, 3.8) is 0 Å². The summed E-state index contributed by atoms with van der Waals surface area (Å²) in [6.45, 7) is 6.03. The fourth-order valence-electron chi connectivity index (χ4n) is 4.11. The second kappa shape index (κ2) is 8.42. The summed E-state index contributed by atoms with van der Waals surface area (Å²) < 4.78 is 13.3. The summed E-state index contributed by atoms with van der Waals surface area (Å²) in [6.07, 6.45) is -0.953. The number of rotatable bonds is 5. The van der Waals surface area contributed by atoms with Gasteiger partial charge in [0.15, 0.2) is 5.82 Å². The molecule has 1 aromatic heterocycles. The number of hydrogen-bond acceptors (Lipinski definition) is 6. The van der Waals surface area contributed by atoms with Crippen LogP contribution in [0.1, 0.15) is 45.7 Å². The van der Waals surface area contributed by atoms with Crippen LogP contribution in [0.15, 0.2) is 30.3 Å². The Kier molecular flexibility index (Phi) is 5.66. The summed E-state index contributed by atoms with van der Waals surface area (Å²) in [5.74, 6) is 0.385. The highest BCUT2D eigenvalue weighted by atomic mass is 19.1. The van der Waals surface area contributed by atoms with Crippen molar-refractivity contribution in [1.29, 1.82) is 5.26 Å². The lowest BCUT2D eigenvalue weighted by atomic mass is 9.97. The molecule has 1 atom stereocenters. The molecule has 1 aliphatic rings. The molecule has 7 nitrogen and oxygen atoms in total. The first-order valence-electron chi connectivity index (χ1n) is 10.5. The highest BCUT2D eigenvalue weighted by molar-refractivity contribution is 6.07. The Labute approximate surface area is 186 Å². The minimum absolute atomic E-state index is 0.120. The van der Waals surface area contributed by atoms with E-state index in [9.17, 15) is 14.4 Å². The van der Waals surface area contributed by atoms with Gasteiger partial charge in [-0.3, -0.25) is 4.79 Å². The van der Waals surface area contributed by atoms with Gasteiger partial charge in [0.05, 0.1) is 42.0 Å². The zero-order valence-corrected chi connectivity index (χ0v) is 18.5. The molecule has 0 spiro atoms. The number of carbonyl (C=O) groups is 1. The van der Waals surface area contributed by atoms with Gasteiger partial charge in [0, 0.05) is 23.5 Å². The Balaban J connectivity index is 1.74. The van der Waals surface area contributed by atoms with Gasteiger partial charge >= 0.3 is 0 Å². The molecule has 2 aromatic carbocycles. The van der Waals surface area contributed by atoms with Gasteiger partial charge in [-0.05, 0) is 50.1 Å². The maximum Gasteiger partial charge on any atom is 0.256 e. The van der Waals surface area contributed by atoms with Crippen molar-refractivity contribution in [1.82, 2.24) is 15.1 Å². The Morgan fingerprint density at radius 2 is 2.00 bits per heavy atom. The Morgan fingerprint density at radius 1 is 1.25 bits per heavy atom. The third-order valence-electron chi connectivity index (χ3n) is 6.04. The Bertz CT molecular complexity index is 1250. The zero-order chi connectivity index (χ0) is 23.0. The van der Waals surface area contributed by atoms with Crippen LogP contribution < -0.4 is 10.6 Å². The molecule has 0 aliphatic carbocycles. The Morgan fingerprint density at radius 3 is 2.66 bits per heavy atom. The normalized spacial score (nSPS) is 14.6. The third-order valence-corrected chi connectivity index (χ3v) is 6.04. The van der Waals surface area contributed by atoms with E-state index in [0.717, 1.165) is 21.9 Å². The molecule has 164 valence electrons. The van der Waals surface area contributed by atoms with Crippen molar-refractivity contribution < 1.29 is 9.18 Å². The van der Waals surface area contributed by atoms with Gasteiger partial charge in [-0.15, -0.1) is 5.10 Å². The zero-order valence-electron chi connectivity index (χ0n) is 18.5. The number of fused-ring (bicyclic) bond motifs is 1. The van der Waals surface area contributed by atoms with Crippen LogP contribution in [0.25, 0.3) is 10.8 Å². The van der Waals surface area contributed by atoms with E-state index in [1.165, 1.54) is 4.90 Å². The molecule has 32 heavy (non-hydrogen) atoms. The minimum atomic E-state index is -0.953. The molecule has 2 heterocycles. The van der Waals surface area contributed by atoms with Crippen LogP contribution in [-0.4, -0.2) is 47.3 Å². The average molecular weight is 433 g/mol. The number of aromatic nitrogens is 2. The van der Waals surface area contributed by atoms with E-state index in [1.807, 2.05) is 39.0 Å². The second-order valence-electron chi connectivity index (χ2n) is 8.13. The average Bonchev–Trinajstić information content (AvgIpc) is 2.77.